The Labute approximate surface area is 250 Å². The molecule has 5 heteroatoms. The molecule has 0 amide bonds. The van der Waals surface area contributed by atoms with Gasteiger partial charge in [0.25, 0.3) is 0 Å². The Hall–Kier alpha value is 1.33. The number of allylic oxidation sites excluding steroid dienone is 2. The van der Waals surface area contributed by atoms with E-state index in [2.05, 4.69) is 127 Å². The standard InChI is InChI=1S/C30H56I2OSi2/c1-13-15-17-23-21(3)25(31)27(5,6)19-29(23,34(9)10)33-30(35(11)12)20-28(7,8)26(32)22(4)24(30)18-16-14-2/h23-24,34-35H,13-20H2,1-12H3. The van der Waals surface area contributed by atoms with E-state index in [9.17, 15) is 0 Å². The molecule has 0 N–H and O–H groups in total. The molecule has 0 aromatic carbocycles. The van der Waals surface area contributed by atoms with Crippen LogP contribution in [0.15, 0.2) is 18.3 Å². The van der Waals surface area contributed by atoms with Gasteiger partial charge in [-0.25, -0.2) is 0 Å². The van der Waals surface area contributed by atoms with Crippen LogP contribution >= 0.6 is 45.2 Å². The fourth-order valence-corrected chi connectivity index (χ4v) is 14.1. The third kappa shape index (κ3) is 6.24. The van der Waals surface area contributed by atoms with Gasteiger partial charge in [-0.05, 0) is 103 Å². The Morgan fingerprint density at radius 3 is 1.29 bits per heavy atom. The molecule has 0 bridgehead atoms. The molecule has 2 aliphatic carbocycles. The second kappa shape index (κ2) is 12.2. The lowest BCUT2D eigenvalue weighted by atomic mass is 9.69. The minimum atomic E-state index is -1.18. The number of hydrogen-bond donors (Lipinski definition) is 0. The Morgan fingerprint density at radius 1 is 0.714 bits per heavy atom. The van der Waals surface area contributed by atoms with Crippen molar-refractivity contribution < 1.29 is 4.74 Å². The van der Waals surface area contributed by atoms with Gasteiger partial charge in [-0.1, -0.05) is 105 Å². The summed E-state index contributed by atoms with van der Waals surface area (Å²) in [6.45, 7) is 30.1. The molecule has 1 nitrogen and oxygen atoms in total. The number of ether oxygens (including phenoxy) is 1. The Morgan fingerprint density at radius 2 is 1.03 bits per heavy atom. The first-order valence-electron chi connectivity index (χ1n) is 14.5. The van der Waals surface area contributed by atoms with Gasteiger partial charge < -0.3 is 4.74 Å². The van der Waals surface area contributed by atoms with E-state index in [1.807, 2.05) is 0 Å². The van der Waals surface area contributed by atoms with Crippen LogP contribution in [0.3, 0.4) is 0 Å². The second-order valence-corrected chi connectivity index (χ2v) is 22.6. The normalized spacial score (nSPS) is 33.3. The van der Waals surface area contributed by atoms with Gasteiger partial charge >= 0.3 is 0 Å². The van der Waals surface area contributed by atoms with Crippen molar-refractivity contribution in [2.75, 3.05) is 0 Å². The molecule has 2 rings (SSSR count). The van der Waals surface area contributed by atoms with Crippen molar-refractivity contribution in [1.82, 2.24) is 0 Å². The highest BCUT2D eigenvalue weighted by atomic mass is 127. The molecular weight excluding hydrogens is 686 g/mol. The molecule has 0 saturated heterocycles. The molecule has 4 atom stereocenters. The largest absolute Gasteiger partial charge is 0.375 e. The van der Waals surface area contributed by atoms with E-state index in [-0.39, 0.29) is 21.3 Å². The van der Waals surface area contributed by atoms with Crippen LogP contribution in [0.25, 0.3) is 0 Å². The Balaban J connectivity index is 2.81. The fraction of sp³-hybridized carbons (Fsp3) is 0.867. The Kier molecular flexibility index (Phi) is 11.4. The molecule has 35 heavy (non-hydrogen) atoms. The fourth-order valence-electron chi connectivity index (χ4n) is 7.64. The summed E-state index contributed by atoms with van der Waals surface area (Å²) in [5.41, 5.74) is 3.71. The number of halogens is 2. The maximum Gasteiger partial charge on any atom is 0.0703 e. The van der Waals surface area contributed by atoms with Crippen molar-refractivity contribution in [1.29, 1.82) is 0 Å². The summed E-state index contributed by atoms with van der Waals surface area (Å²) in [6.07, 6.45) is 10.2. The Bertz CT molecular complexity index is 747. The summed E-state index contributed by atoms with van der Waals surface area (Å²) in [6, 6.07) is 0. The van der Waals surface area contributed by atoms with Gasteiger partial charge in [0.2, 0.25) is 0 Å². The summed E-state index contributed by atoms with van der Waals surface area (Å²) in [5, 5.41) is 0.0800. The number of unbranched alkanes of at least 4 members (excludes halogenated alkanes) is 2. The van der Waals surface area contributed by atoms with Gasteiger partial charge in [0.1, 0.15) is 0 Å². The van der Waals surface area contributed by atoms with Gasteiger partial charge in [-0.2, -0.15) is 0 Å². The van der Waals surface area contributed by atoms with E-state index < -0.39 is 17.6 Å². The molecular formula is C30H56I2OSi2. The molecule has 4 unspecified atom stereocenters. The summed E-state index contributed by atoms with van der Waals surface area (Å²) in [5.74, 6) is 1.16. The van der Waals surface area contributed by atoms with Gasteiger partial charge in [-0.3, -0.25) is 0 Å². The van der Waals surface area contributed by atoms with Crippen LogP contribution in [0.2, 0.25) is 26.2 Å². The summed E-state index contributed by atoms with van der Waals surface area (Å²) >= 11 is 5.39. The van der Waals surface area contributed by atoms with Crippen molar-refractivity contribution in [3.8, 4) is 0 Å². The first kappa shape index (κ1) is 32.5. The first-order valence-corrected chi connectivity index (χ1v) is 22.4. The zero-order valence-electron chi connectivity index (χ0n) is 25.1. The van der Waals surface area contributed by atoms with Crippen LogP contribution in [0, 0.1) is 22.7 Å². The molecule has 0 aliphatic heterocycles. The molecule has 0 fully saturated rings. The monoisotopic (exact) mass is 742 g/mol. The van der Waals surface area contributed by atoms with Crippen LogP contribution in [-0.4, -0.2) is 28.0 Å². The summed E-state index contributed by atoms with van der Waals surface area (Å²) in [7, 11) is -2.36. The lowest BCUT2D eigenvalue weighted by Crippen LogP contribution is -2.66. The molecule has 0 radical (unpaired) electrons. The van der Waals surface area contributed by atoms with Crippen LogP contribution in [0.5, 0.6) is 0 Å². The van der Waals surface area contributed by atoms with Crippen molar-refractivity contribution in [2.45, 2.75) is 143 Å². The SMILES string of the molecule is CCCCC1C(C)=C(I)C(C)(C)CC1(OC1([SiH](C)C)CC(C)(C)C(I)=C(C)C1CCCC)[SiH](C)C. The van der Waals surface area contributed by atoms with Crippen LogP contribution in [0.4, 0.5) is 0 Å². The van der Waals surface area contributed by atoms with Crippen LogP contribution < -0.4 is 0 Å². The third-order valence-electron chi connectivity index (χ3n) is 9.57. The summed E-state index contributed by atoms with van der Waals surface area (Å²) < 4.78 is 11.4. The minimum Gasteiger partial charge on any atom is -0.375 e. The van der Waals surface area contributed by atoms with Crippen LogP contribution in [-0.2, 0) is 4.74 Å². The zero-order chi connectivity index (χ0) is 27.0. The predicted octanol–water partition coefficient (Wildman–Crippen LogP) is 10.4. The zero-order valence-corrected chi connectivity index (χ0v) is 31.8. The molecule has 2 aliphatic rings. The van der Waals surface area contributed by atoms with Gasteiger partial charge in [0.05, 0.1) is 28.0 Å². The predicted molar refractivity (Wildman–Crippen MR) is 181 cm³/mol. The maximum absolute atomic E-state index is 8.21. The molecule has 0 heterocycles. The molecule has 0 aromatic heterocycles. The third-order valence-corrected chi connectivity index (χ3v) is 19.5. The number of rotatable bonds is 10. The number of hydrogen-bond acceptors (Lipinski definition) is 1. The van der Waals surface area contributed by atoms with E-state index in [0.717, 1.165) is 0 Å². The van der Waals surface area contributed by atoms with Gasteiger partial charge in [0, 0.05) is 11.8 Å². The van der Waals surface area contributed by atoms with E-state index in [0.29, 0.717) is 11.8 Å². The smallest absolute Gasteiger partial charge is 0.0703 e. The highest BCUT2D eigenvalue weighted by molar-refractivity contribution is 14.1. The van der Waals surface area contributed by atoms with E-state index in [1.54, 1.807) is 18.3 Å². The van der Waals surface area contributed by atoms with Crippen molar-refractivity contribution in [3.63, 3.8) is 0 Å². The van der Waals surface area contributed by atoms with Crippen molar-refractivity contribution >= 4 is 62.8 Å². The second-order valence-electron chi connectivity index (χ2n) is 13.8. The molecule has 0 saturated carbocycles. The van der Waals surface area contributed by atoms with Crippen molar-refractivity contribution in [3.05, 3.63) is 18.3 Å². The van der Waals surface area contributed by atoms with Crippen LogP contribution in [0.1, 0.15) is 107 Å². The van der Waals surface area contributed by atoms with Gasteiger partial charge in [-0.15, -0.1) is 0 Å². The first-order chi connectivity index (χ1) is 16.0. The van der Waals surface area contributed by atoms with Crippen molar-refractivity contribution in [2.24, 2.45) is 22.7 Å². The molecule has 0 spiro atoms. The lowest BCUT2D eigenvalue weighted by Gasteiger charge is -2.61. The minimum absolute atomic E-state index is 0.0400. The average molecular weight is 743 g/mol. The van der Waals surface area contributed by atoms with E-state index in [4.69, 9.17) is 4.74 Å². The van der Waals surface area contributed by atoms with E-state index in [1.165, 1.54) is 51.4 Å². The molecule has 0 aromatic rings. The topological polar surface area (TPSA) is 9.23 Å². The average Bonchev–Trinajstić information content (AvgIpc) is 2.75. The lowest BCUT2D eigenvalue weighted by molar-refractivity contribution is -0.150. The summed E-state index contributed by atoms with van der Waals surface area (Å²) in [4.78, 5) is 0. The highest BCUT2D eigenvalue weighted by Gasteiger charge is 2.60. The van der Waals surface area contributed by atoms with E-state index >= 15 is 0 Å². The highest BCUT2D eigenvalue weighted by Crippen LogP contribution is 2.60. The quantitative estimate of drug-likeness (QED) is 0.160. The molecule has 204 valence electrons. The maximum atomic E-state index is 8.21. The van der Waals surface area contributed by atoms with Gasteiger partial charge in [0.15, 0.2) is 0 Å².